The predicted molar refractivity (Wildman–Crippen MR) is 106 cm³/mol. The van der Waals surface area contributed by atoms with Gasteiger partial charge in [0.05, 0.1) is 12.9 Å². The number of methoxy groups -OCH3 is 1. The molecular formula is C19H24N8O2. The van der Waals surface area contributed by atoms with Crippen LogP contribution in [0.1, 0.15) is 10.5 Å². The number of ether oxygens (including phenoxy) is 1. The summed E-state index contributed by atoms with van der Waals surface area (Å²) in [7, 11) is 3.51. The Morgan fingerprint density at radius 2 is 1.97 bits per heavy atom. The average molecular weight is 396 g/mol. The first-order chi connectivity index (χ1) is 14.1. The number of hydrogen-bond acceptors (Lipinski definition) is 7. The monoisotopic (exact) mass is 396 g/mol. The molecule has 152 valence electrons. The smallest absolute Gasteiger partial charge is 0.274 e. The third-order valence-corrected chi connectivity index (χ3v) is 5.92. The van der Waals surface area contributed by atoms with Crippen molar-refractivity contribution in [3.63, 3.8) is 0 Å². The number of anilines is 1. The molecule has 5 heterocycles. The number of carbonyl (C=O) groups excluding carboxylic acids is 1. The molecule has 10 heteroatoms. The number of hydrogen-bond donors (Lipinski definition) is 0. The summed E-state index contributed by atoms with van der Waals surface area (Å²) in [6, 6.07) is 1.78. The van der Waals surface area contributed by atoms with Gasteiger partial charge in [0.15, 0.2) is 17.0 Å². The van der Waals surface area contributed by atoms with Gasteiger partial charge in [-0.3, -0.25) is 9.48 Å². The normalized spacial score (nSPS) is 21.3. The fourth-order valence-electron chi connectivity index (χ4n) is 4.48. The van der Waals surface area contributed by atoms with Gasteiger partial charge in [0.25, 0.3) is 5.91 Å². The summed E-state index contributed by atoms with van der Waals surface area (Å²) in [6.07, 6.45) is 5.21. The van der Waals surface area contributed by atoms with Crippen LogP contribution >= 0.6 is 0 Å². The van der Waals surface area contributed by atoms with E-state index in [-0.39, 0.29) is 5.91 Å². The molecule has 3 aromatic heterocycles. The number of amides is 1. The number of rotatable bonds is 5. The summed E-state index contributed by atoms with van der Waals surface area (Å²) < 4.78 is 8.83. The largest absolute Gasteiger partial charge is 0.383 e. The van der Waals surface area contributed by atoms with Gasteiger partial charge >= 0.3 is 0 Å². The van der Waals surface area contributed by atoms with Gasteiger partial charge in [-0.15, -0.1) is 0 Å². The van der Waals surface area contributed by atoms with E-state index in [2.05, 4.69) is 25.0 Å². The van der Waals surface area contributed by atoms with Crippen LogP contribution in [0.4, 0.5) is 5.82 Å². The Hall–Kier alpha value is -3.01. The molecule has 29 heavy (non-hydrogen) atoms. The summed E-state index contributed by atoms with van der Waals surface area (Å²) in [5, 5.41) is 4.25. The highest BCUT2D eigenvalue weighted by atomic mass is 16.5. The van der Waals surface area contributed by atoms with Crippen LogP contribution in [0.3, 0.4) is 0 Å². The van der Waals surface area contributed by atoms with E-state index in [4.69, 9.17) is 4.74 Å². The van der Waals surface area contributed by atoms with Gasteiger partial charge in [-0.1, -0.05) is 0 Å². The van der Waals surface area contributed by atoms with E-state index in [0.29, 0.717) is 30.7 Å². The molecule has 3 aromatic rings. The average Bonchev–Trinajstić information content (AvgIpc) is 3.48. The minimum absolute atomic E-state index is 0.0212. The molecule has 2 atom stereocenters. The Balaban J connectivity index is 1.30. The highest BCUT2D eigenvalue weighted by Crippen LogP contribution is 2.35. The van der Waals surface area contributed by atoms with Gasteiger partial charge in [0.2, 0.25) is 0 Å². The first-order valence-electron chi connectivity index (χ1n) is 9.82. The molecule has 0 aliphatic carbocycles. The lowest BCUT2D eigenvalue weighted by molar-refractivity contribution is 0.0776. The molecule has 10 nitrogen and oxygen atoms in total. The summed E-state index contributed by atoms with van der Waals surface area (Å²) in [5.41, 5.74) is 2.17. The summed E-state index contributed by atoms with van der Waals surface area (Å²) in [6.45, 7) is 4.57. The summed E-state index contributed by atoms with van der Waals surface area (Å²) in [4.78, 5) is 30.4. The highest BCUT2D eigenvalue weighted by Gasteiger charge is 2.43. The Kier molecular flexibility index (Phi) is 4.42. The van der Waals surface area contributed by atoms with Crippen molar-refractivity contribution < 1.29 is 9.53 Å². The molecule has 1 amide bonds. The maximum absolute atomic E-state index is 12.7. The van der Waals surface area contributed by atoms with E-state index < -0.39 is 0 Å². The van der Waals surface area contributed by atoms with Crippen molar-refractivity contribution in [2.45, 2.75) is 6.54 Å². The first kappa shape index (κ1) is 18.0. The number of nitrogens with zero attached hydrogens (tertiary/aromatic N) is 8. The van der Waals surface area contributed by atoms with Gasteiger partial charge in [0.1, 0.15) is 12.0 Å². The number of likely N-dealkylation sites (tertiary alicyclic amines) is 1. The zero-order valence-corrected chi connectivity index (χ0v) is 16.6. The number of imidazole rings is 1. The zero-order chi connectivity index (χ0) is 20.0. The lowest BCUT2D eigenvalue weighted by Crippen LogP contribution is -2.33. The topological polar surface area (TPSA) is 94.2 Å². The maximum Gasteiger partial charge on any atom is 0.274 e. The quantitative estimate of drug-likeness (QED) is 0.617. The van der Waals surface area contributed by atoms with E-state index in [1.165, 1.54) is 0 Å². The van der Waals surface area contributed by atoms with Crippen molar-refractivity contribution in [1.82, 2.24) is 34.2 Å². The number of aryl methyl sites for hydroxylation is 1. The molecular weight excluding hydrogens is 372 g/mol. The molecule has 0 bridgehead atoms. The second-order valence-electron chi connectivity index (χ2n) is 7.81. The van der Waals surface area contributed by atoms with Gasteiger partial charge in [-0.05, 0) is 6.07 Å². The number of fused-ring (bicyclic) bond motifs is 2. The Labute approximate surface area is 168 Å². The molecule has 0 spiro atoms. The van der Waals surface area contributed by atoms with E-state index in [0.717, 1.165) is 43.2 Å². The molecule has 0 N–H and O–H groups in total. The second kappa shape index (κ2) is 7.11. The fourth-order valence-corrected chi connectivity index (χ4v) is 4.48. The molecule has 0 aromatic carbocycles. The van der Waals surface area contributed by atoms with E-state index >= 15 is 0 Å². The maximum atomic E-state index is 12.7. The molecule has 2 unspecified atom stereocenters. The van der Waals surface area contributed by atoms with Crippen molar-refractivity contribution in [2.24, 2.45) is 18.9 Å². The van der Waals surface area contributed by atoms with Crippen LogP contribution in [0.5, 0.6) is 0 Å². The Bertz CT molecular complexity index is 1030. The Morgan fingerprint density at radius 1 is 1.17 bits per heavy atom. The number of aromatic nitrogens is 6. The van der Waals surface area contributed by atoms with Crippen molar-refractivity contribution >= 4 is 22.9 Å². The minimum Gasteiger partial charge on any atom is -0.383 e. The lowest BCUT2D eigenvalue weighted by Gasteiger charge is -2.22. The second-order valence-corrected chi connectivity index (χ2v) is 7.81. The minimum atomic E-state index is 0.0212. The van der Waals surface area contributed by atoms with Crippen LogP contribution in [0.25, 0.3) is 11.2 Å². The summed E-state index contributed by atoms with van der Waals surface area (Å²) >= 11 is 0. The number of carbonyl (C=O) groups is 1. The van der Waals surface area contributed by atoms with Gasteiger partial charge in [-0.2, -0.15) is 5.10 Å². The first-order valence-corrected chi connectivity index (χ1v) is 9.82. The third-order valence-electron chi connectivity index (χ3n) is 5.92. The highest BCUT2D eigenvalue weighted by molar-refractivity contribution is 5.92. The fraction of sp³-hybridized carbons (Fsp3) is 0.526. The lowest BCUT2D eigenvalue weighted by atomic mass is 10.0. The molecule has 2 aliphatic heterocycles. The third kappa shape index (κ3) is 3.13. The molecule has 0 saturated carbocycles. The van der Waals surface area contributed by atoms with Crippen LogP contribution in [-0.4, -0.2) is 80.0 Å². The van der Waals surface area contributed by atoms with Crippen molar-refractivity contribution in [3.8, 4) is 0 Å². The SMILES string of the molecule is COCCn1cnc2c(N3CC4CN(C(=O)c5ccn(C)n5)CC4C3)ncnc21. The molecule has 2 aliphatic rings. The standard InChI is InChI=1S/C19H24N8O2/c1-24-4-3-15(23-24)19(28)27-9-13-7-26(8-14(13)10-27)18-16-17(20-11-21-18)25(12-22-16)5-6-29-2/h3-4,11-14H,5-10H2,1-2H3. The zero-order valence-electron chi connectivity index (χ0n) is 16.6. The van der Waals surface area contributed by atoms with Crippen molar-refractivity contribution in [1.29, 1.82) is 0 Å². The van der Waals surface area contributed by atoms with Gasteiger partial charge in [0, 0.05) is 64.9 Å². The van der Waals surface area contributed by atoms with Crippen LogP contribution in [0.2, 0.25) is 0 Å². The van der Waals surface area contributed by atoms with Gasteiger partial charge in [-0.25, -0.2) is 15.0 Å². The van der Waals surface area contributed by atoms with Crippen LogP contribution in [-0.2, 0) is 18.3 Å². The van der Waals surface area contributed by atoms with Crippen LogP contribution in [0, 0.1) is 11.8 Å². The molecule has 2 fully saturated rings. The van der Waals surface area contributed by atoms with Crippen LogP contribution in [0.15, 0.2) is 24.9 Å². The molecule has 5 rings (SSSR count). The Morgan fingerprint density at radius 3 is 2.66 bits per heavy atom. The molecule has 2 saturated heterocycles. The van der Waals surface area contributed by atoms with Crippen molar-refractivity contribution in [2.75, 3.05) is 44.8 Å². The van der Waals surface area contributed by atoms with E-state index in [1.807, 2.05) is 16.5 Å². The van der Waals surface area contributed by atoms with E-state index in [1.54, 1.807) is 36.7 Å². The summed E-state index contributed by atoms with van der Waals surface area (Å²) in [5.74, 6) is 1.77. The molecule has 0 radical (unpaired) electrons. The van der Waals surface area contributed by atoms with Crippen LogP contribution < -0.4 is 4.90 Å². The van der Waals surface area contributed by atoms with Gasteiger partial charge < -0.3 is 19.1 Å². The predicted octanol–water partition coefficient (Wildman–Crippen LogP) is 0.415. The van der Waals surface area contributed by atoms with Crippen molar-refractivity contribution in [3.05, 3.63) is 30.6 Å². The van der Waals surface area contributed by atoms with E-state index in [9.17, 15) is 4.79 Å².